The predicted octanol–water partition coefficient (Wildman–Crippen LogP) is 8.92. The molecule has 1 aliphatic heterocycles. The Bertz CT molecular complexity index is 610. The molecule has 0 saturated heterocycles. The number of allylic oxidation sites excluding steroid dienone is 1. The first kappa shape index (κ1) is 29.8. The Morgan fingerprint density at radius 3 is 1.93 bits per heavy atom. The van der Waals surface area contributed by atoms with E-state index in [9.17, 15) is 0 Å². The fraction of sp³-hybridized carbons (Fsp3) is 0.704. The summed E-state index contributed by atoms with van der Waals surface area (Å²) in [6.45, 7) is 28.0. The maximum atomic E-state index is 6.39. The third kappa shape index (κ3) is 8.84. The van der Waals surface area contributed by atoms with Crippen LogP contribution in [0, 0.1) is 20.8 Å². The molecule has 1 heterocycles. The fourth-order valence-electron chi connectivity index (χ4n) is 3.04. The molecule has 170 valence electrons. The number of hydrogen-bond acceptors (Lipinski definition) is 2. The molecular weight excluding hydrogens is 356 g/mol. The van der Waals surface area contributed by atoms with E-state index in [0.717, 1.165) is 30.8 Å². The third-order valence-corrected chi connectivity index (χ3v) is 5.03. The first-order chi connectivity index (χ1) is 13.7. The average molecular weight is 407 g/mol. The monoisotopic (exact) mass is 406 g/mol. The molecule has 29 heavy (non-hydrogen) atoms. The van der Waals surface area contributed by atoms with Crippen molar-refractivity contribution >= 4 is 0 Å². The second kappa shape index (κ2) is 15.4. The average Bonchev–Trinajstić information content (AvgIpc) is 2.72. The van der Waals surface area contributed by atoms with Crippen molar-refractivity contribution in [2.24, 2.45) is 0 Å². The molecule has 0 fully saturated rings. The van der Waals surface area contributed by atoms with Gasteiger partial charge in [0.25, 0.3) is 0 Å². The Morgan fingerprint density at radius 1 is 0.966 bits per heavy atom. The van der Waals surface area contributed by atoms with Gasteiger partial charge in [-0.15, -0.1) is 0 Å². The van der Waals surface area contributed by atoms with Crippen molar-refractivity contribution in [3.63, 3.8) is 0 Å². The van der Waals surface area contributed by atoms with E-state index < -0.39 is 0 Å². The number of ether oxygens (including phenoxy) is 2. The van der Waals surface area contributed by atoms with Crippen molar-refractivity contribution < 1.29 is 9.47 Å². The van der Waals surface area contributed by atoms with Crippen molar-refractivity contribution in [1.82, 2.24) is 0 Å². The molecule has 0 bridgehead atoms. The highest BCUT2D eigenvalue weighted by atomic mass is 16.5. The second-order valence-corrected chi connectivity index (χ2v) is 7.72. The van der Waals surface area contributed by atoms with Crippen LogP contribution in [0.2, 0.25) is 0 Å². The van der Waals surface area contributed by atoms with Gasteiger partial charge in [-0.3, -0.25) is 0 Å². The zero-order valence-corrected chi connectivity index (χ0v) is 21.9. The normalized spacial score (nSPS) is 16.3. The summed E-state index contributed by atoms with van der Waals surface area (Å²) in [6, 6.07) is 0. The second-order valence-electron chi connectivity index (χ2n) is 7.72. The molecule has 1 aromatic rings. The quantitative estimate of drug-likeness (QED) is 0.465. The van der Waals surface area contributed by atoms with Gasteiger partial charge in [0.15, 0.2) is 0 Å². The Kier molecular flexibility index (Phi) is 15.8. The van der Waals surface area contributed by atoms with Crippen LogP contribution < -0.4 is 9.47 Å². The number of benzene rings is 1. The van der Waals surface area contributed by atoms with Crippen LogP contribution in [0.15, 0.2) is 11.6 Å². The minimum atomic E-state index is -0.0267. The van der Waals surface area contributed by atoms with Crippen molar-refractivity contribution in [2.75, 3.05) is 6.61 Å². The van der Waals surface area contributed by atoms with Gasteiger partial charge in [-0.05, 0) is 83.6 Å². The smallest absolute Gasteiger partial charge is 0.127 e. The summed E-state index contributed by atoms with van der Waals surface area (Å²) in [7, 11) is 0. The molecule has 2 nitrogen and oxygen atoms in total. The van der Waals surface area contributed by atoms with Crippen molar-refractivity contribution in [2.45, 2.75) is 121 Å². The van der Waals surface area contributed by atoms with Crippen molar-refractivity contribution in [3.05, 3.63) is 33.9 Å². The molecule has 2 heteroatoms. The van der Waals surface area contributed by atoms with Gasteiger partial charge in [0, 0.05) is 5.56 Å². The Balaban J connectivity index is 0. The standard InChI is InChI=1S/C20H30O2.C3H8.2C2H6/c1-8-20(7)11-9-17-16(6)18(21-12-10-13(2)3)14(4)15(5)19(17)22-20;1-3-2;2*1-2/h10H,8-9,11-12H2,1-7H3;3H2,1-2H3;2*1-2H3. The zero-order valence-electron chi connectivity index (χ0n) is 21.9. The summed E-state index contributed by atoms with van der Waals surface area (Å²) in [5.74, 6) is 2.14. The Morgan fingerprint density at radius 2 is 1.48 bits per heavy atom. The molecule has 0 radical (unpaired) electrons. The lowest BCUT2D eigenvalue weighted by molar-refractivity contribution is 0.0598. The van der Waals surface area contributed by atoms with E-state index in [0.29, 0.717) is 6.61 Å². The summed E-state index contributed by atoms with van der Waals surface area (Å²) < 4.78 is 12.5. The molecule has 0 saturated carbocycles. The van der Waals surface area contributed by atoms with Crippen molar-refractivity contribution in [3.8, 4) is 11.5 Å². The van der Waals surface area contributed by atoms with E-state index in [1.54, 1.807) is 0 Å². The molecule has 0 aliphatic carbocycles. The molecule has 0 aromatic heterocycles. The third-order valence-electron chi connectivity index (χ3n) is 5.03. The maximum Gasteiger partial charge on any atom is 0.127 e. The van der Waals surface area contributed by atoms with E-state index in [1.807, 2.05) is 27.7 Å². The van der Waals surface area contributed by atoms with Gasteiger partial charge in [0.1, 0.15) is 23.7 Å². The van der Waals surface area contributed by atoms with Crippen LogP contribution in [0.25, 0.3) is 0 Å². The fourth-order valence-corrected chi connectivity index (χ4v) is 3.04. The van der Waals surface area contributed by atoms with E-state index in [4.69, 9.17) is 9.47 Å². The molecule has 2 rings (SSSR count). The van der Waals surface area contributed by atoms with E-state index in [-0.39, 0.29) is 5.60 Å². The number of fused-ring (bicyclic) bond motifs is 1. The van der Waals surface area contributed by atoms with Gasteiger partial charge in [0.05, 0.1) is 0 Å². The summed E-state index contributed by atoms with van der Waals surface area (Å²) in [6.07, 6.45) is 6.57. The molecule has 0 N–H and O–H groups in total. The first-order valence-electron chi connectivity index (χ1n) is 11.8. The van der Waals surface area contributed by atoms with Gasteiger partial charge < -0.3 is 9.47 Å². The molecule has 1 aliphatic rings. The largest absolute Gasteiger partial charge is 0.489 e. The highest BCUT2D eigenvalue weighted by Crippen LogP contribution is 2.44. The molecule has 0 spiro atoms. The molecule has 1 atom stereocenters. The van der Waals surface area contributed by atoms with Crippen LogP contribution >= 0.6 is 0 Å². The number of rotatable bonds is 4. The van der Waals surface area contributed by atoms with Gasteiger partial charge >= 0.3 is 0 Å². The Hall–Kier alpha value is -1.44. The first-order valence-corrected chi connectivity index (χ1v) is 11.8. The SMILES string of the molecule is CC.CC.CCC.CCC1(C)CCc2c(C)c(OCC=C(C)C)c(C)c(C)c2O1. The maximum absolute atomic E-state index is 6.39. The van der Waals surface area contributed by atoms with Crippen LogP contribution in [-0.2, 0) is 6.42 Å². The molecular formula is C27H50O2. The topological polar surface area (TPSA) is 18.5 Å². The summed E-state index contributed by atoms with van der Waals surface area (Å²) in [5.41, 5.74) is 6.28. The lowest BCUT2D eigenvalue weighted by Crippen LogP contribution is -2.36. The zero-order chi connectivity index (χ0) is 23.2. The van der Waals surface area contributed by atoms with Crippen LogP contribution in [0.4, 0.5) is 0 Å². The van der Waals surface area contributed by atoms with Crippen LogP contribution in [0.5, 0.6) is 11.5 Å². The van der Waals surface area contributed by atoms with E-state index in [2.05, 4.69) is 68.4 Å². The van der Waals surface area contributed by atoms with E-state index >= 15 is 0 Å². The van der Waals surface area contributed by atoms with Gasteiger partial charge in [0.2, 0.25) is 0 Å². The van der Waals surface area contributed by atoms with Gasteiger partial charge in [-0.1, -0.05) is 60.5 Å². The Labute approximate surface area is 183 Å². The minimum Gasteiger partial charge on any atom is -0.489 e. The summed E-state index contributed by atoms with van der Waals surface area (Å²) >= 11 is 0. The van der Waals surface area contributed by atoms with Crippen LogP contribution in [0.1, 0.15) is 111 Å². The number of hydrogen-bond donors (Lipinski definition) is 0. The van der Waals surface area contributed by atoms with Gasteiger partial charge in [-0.25, -0.2) is 0 Å². The van der Waals surface area contributed by atoms with Crippen molar-refractivity contribution in [1.29, 1.82) is 0 Å². The molecule has 0 amide bonds. The van der Waals surface area contributed by atoms with Crippen LogP contribution in [0.3, 0.4) is 0 Å². The minimum absolute atomic E-state index is 0.0267. The highest BCUT2D eigenvalue weighted by Gasteiger charge is 2.33. The lowest BCUT2D eigenvalue weighted by Gasteiger charge is -2.37. The highest BCUT2D eigenvalue weighted by molar-refractivity contribution is 5.59. The molecule has 1 unspecified atom stereocenters. The predicted molar refractivity (Wildman–Crippen MR) is 132 cm³/mol. The summed E-state index contributed by atoms with van der Waals surface area (Å²) in [4.78, 5) is 0. The summed E-state index contributed by atoms with van der Waals surface area (Å²) in [5, 5.41) is 0. The lowest BCUT2D eigenvalue weighted by atomic mass is 9.86. The molecule has 1 aromatic carbocycles. The van der Waals surface area contributed by atoms with E-state index in [1.165, 1.54) is 34.2 Å². The van der Waals surface area contributed by atoms with Gasteiger partial charge in [-0.2, -0.15) is 0 Å². The van der Waals surface area contributed by atoms with Crippen LogP contribution in [-0.4, -0.2) is 12.2 Å².